The quantitative estimate of drug-likeness (QED) is 0.373. The minimum absolute atomic E-state index is 0.324. The van der Waals surface area contributed by atoms with E-state index < -0.39 is 5.60 Å². The van der Waals surface area contributed by atoms with Crippen molar-refractivity contribution in [2.45, 2.75) is 26.4 Å². The second kappa shape index (κ2) is 6.73. The predicted octanol–water partition coefficient (Wildman–Crippen LogP) is 4.75. The maximum Gasteiger partial charge on any atom is 0.340 e. The Hall–Kier alpha value is -2.55. The van der Waals surface area contributed by atoms with Crippen LogP contribution in [0.2, 0.25) is 0 Å². The molecule has 3 aromatic rings. The highest BCUT2D eigenvalue weighted by atomic mass is 127. The lowest BCUT2D eigenvalue weighted by atomic mass is 9.78. The Morgan fingerprint density at radius 3 is 2.63 bits per heavy atom. The fourth-order valence-electron chi connectivity index (χ4n) is 4.71. The molecule has 0 N–H and O–H groups in total. The smallest absolute Gasteiger partial charge is 0.340 e. The van der Waals surface area contributed by atoms with Gasteiger partial charge in [0.25, 0.3) is 0 Å². The van der Waals surface area contributed by atoms with Crippen LogP contribution >= 0.6 is 22.6 Å². The minimum atomic E-state index is -1.06. The van der Waals surface area contributed by atoms with Crippen LogP contribution in [0.4, 0.5) is 5.69 Å². The molecular weight excluding hydrogens is 493 g/mol. The maximum atomic E-state index is 12.9. The fourth-order valence-corrected chi connectivity index (χ4v) is 5.52. The van der Waals surface area contributed by atoms with E-state index in [-0.39, 0.29) is 5.97 Å². The summed E-state index contributed by atoms with van der Waals surface area (Å²) >= 11 is 2.36. The monoisotopic (exact) mass is 515 g/mol. The Morgan fingerprint density at radius 1 is 1.17 bits per heavy atom. The minimum Gasteiger partial charge on any atom is -0.440 e. The molecule has 6 nitrogen and oxygen atoms in total. The van der Waals surface area contributed by atoms with Crippen molar-refractivity contribution >= 4 is 34.2 Å². The Balaban J connectivity index is 1.86. The Kier molecular flexibility index (Phi) is 4.36. The number of ether oxygens (including phenoxy) is 2. The second-order valence-electron chi connectivity index (χ2n) is 7.58. The number of benzene rings is 2. The van der Waals surface area contributed by atoms with E-state index >= 15 is 0 Å². The van der Waals surface area contributed by atoms with E-state index in [0.29, 0.717) is 17.2 Å². The van der Waals surface area contributed by atoms with E-state index in [1.54, 1.807) is 4.68 Å². The van der Waals surface area contributed by atoms with E-state index in [4.69, 9.17) is 9.47 Å². The summed E-state index contributed by atoms with van der Waals surface area (Å²) in [6.07, 6.45) is 0. The molecule has 0 amide bonds. The van der Waals surface area contributed by atoms with Gasteiger partial charge in [-0.25, -0.2) is 9.48 Å². The van der Waals surface area contributed by atoms with Crippen molar-refractivity contribution in [1.82, 2.24) is 9.78 Å². The first-order chi connectivity index (χ1) is 14.4. The molecule has 1 spiro atoms. The van der Waals surface area contributed by atoms with Gasteiger partial charge in [0.15, 0.2) is 5.60 Å². The summed E-state index contributed by atoms with van der Waals surface area (Å²) in [4.78, 5) is 15.2. The molecule has 2 aromatic carbocycles. The van der Waals surface area contributed by atoms with Crippen LogP contribution in [0, 0.1) is 10.5 Å². The number of aryl methyl sites for hydroxylation is 2. The van der Waals surface area contributed by atoms with Crippen molar-refractivity contribution < 1.29 is 14.3 Å². The van der Waals surface area contributed by atoms with Gasteiger partial charge in [-0.3, -0.25) is 0 Å². The molecule has 0 fully saturated rings. The molecule has 0 aliphatic carbocycles. The maximum absolute atomic E-state index is 12.9. The normalized spacial score (nSPS) is 18.5. The van der Waals surface area contributed by atoms with Gasteiger partial charge in [-0.15, -0.1) is 0 Å². The van der Waals surface area contributed by atoms with Gasteiger partial charge in [0.2, 0.25) is 5.88 Å². The number of hydrogen-bond acceptors (Lipinski definition) is 5. The Labute approximate surface area is 188 Å². The lowest BCUT2D eigenvalue weighted by Gasteiger charge is -2.36. The third-order valence-electron chi connectivity index (χ3n) is 6.03. The molecule has 5 rings (SSSR count). The van der Waals surface area contributed by atoms with Crippen LogP contribution in [0.25, 0.3) is 0 Å². The third kappa shape index (κ3) is 2.41. The SMILES string of the molecule is CCN(CC)c1cc2c(cc1I)C1(OC(=O)c3ccccc31)c1c(C)nn(C)c1O2. The fraction of sp³-hybridized carbons (Fsp3) is 0.304. The number of anilines is 1. The zero-order valence-electron chi connectivity index (χ0n) is 17.3. The Bertz CT molecular complexity index is 1200. The highest BCUT2D eigenvalue weighted by Crippen LogP contribution is 2.57. The van der Waals surface area contributed by atoms with Gasteiger partial charge in [-0.05, 0) is 55.5 Å². The van der Waals surface area contributed by atoms with E-state index in [1.165, 1.54) is 0 Å². The predicted molar refractivity (Wildman–Crippen MR) is 122 cm³/mol. The number of esters is 1. The first kappa shape index (κ1) is 19.4. The van der Waals surface area contributed by atoms with E-state index in [1.807, 2.05) is 38.2 Å². The highest BCUT2D eigenvalue weighted by Gasteiger charge is 2.56. The molecule has 3 heterocycles. The summed E-state index contributed by atoms with van der Waals surface area (Å²) in [6, 6.07) is 11.8. The summed E-state index contributed by atoms with van der Waals surface area (Å²) < 4.78 is 15.4. The molecular formula is C23H22IN3O3. The number of hydrogen-bond donors (Lipinski definition) is 0. The topological polar surface area (TPSA) is 56.6 Å². The van der Waals surface area contributed by atoms with Crippen LogP contribution in [0.5, 0.6) is 11.6 Å². The van der Waals surface area contributed by atoms with Crippen molar-refractivity contribution in [2.24, 2.45) is 7.05 Å². The van der Waals surface area contributed by atoms with Gasteiger partial charge in [0.05, 0.1) is 22.5 Å². The summed E-state index contributed by atoms with van der Waals surface area (Å²) in [5.41, 5.74) is 3.88. The molecule has 2 aliphatic heterocycles. The lowest BCUT2D eigenvalue weighted by Crippen LogP contribution is -2.34. The van der Waals surface area contributed by atoms with Crippen molar-refractivity contribution in [3.8, 4) is 11.6 Å². The molecule has 154 valence electrons. The van der Waals surface area contributed by atoms with Crippen molar-refractivity contribution in [3.63, 3.8) is 0 Å². The van der Waals surface area contributed by atoms with Crippen LogP contribution in [0.1, 0.15) is 46.6 Å². The van der Waals surface area contributed by atoms with Gasteiger partial charge in [0.1, 0.15) is 5.75 Å². The van der Waals surface area contributed by atoms with Gasteiger partial charge in [0, 0.05) is 40.9 Å². The average molecular weight is 515 g/mol. The number of nitrogens with zero attached hydrogens (tertiary/aromatic N) is 3. The highest BCUT2D eigenvalue weighted by molar-refractivity contribution is 14.1. The second-order valence-corrected chi connectivity index (χ2v) is 8.74. The van der Waals surface area contributed by atoms with Crippen molar-refractivity contribution in [3.05, 3.63) is 67.9 Å². The van der Waals surface area contributed by atoms with Crippen molar-refractivity contribution in [1.29, 1.82) is 0 Å². The molecule has 1 unspecified atom stereocenters. The summed E-state index contributed by atoms with van der Waals surface area (Å²) in [5, 5.41) is 4.59. The molecule has 0 radical (unpaired) electrons. The molecule has 1 atom stereocenters. The number of rotatable bonds is 3. The van der Waals surface area contributed by atoms with Crippen molar-refractivity contribution in [2.75, 3.05) is 18.0 Å². The van der Waals surface area contributed by atoms with Crippen LogP contribution < -0.4 is 9.64 Å². The zero-order valence-corrected chi connectivity index (χ0v) is 19.5. The molecule has 30 heavy (non-hydrogen) atoms. The molecule has 0 bridgehead atoms. The molecule has 0 saturated heterocycles. The van der Waals surface area contributed by atoms with Crippen LogP contribution in [-0.4, -0.2) is 28.8 Å². The lowest BCUT2D eigenvalue weighted by molar-refractivity contribution is 0.0221. The Morgan fingerprint density at radius 2 is 1.90 bits per heavy atom. The van der Waals surface area contributed by atoms with E-state index in [0.717, 1.165) is 44.7 Å². The van der Waals surface area contributed by atoms with Crippen LogP contribution in [0.3, 0.4) is 0 Å². The molecule has 7 heteroatoms. The number of carbonyl (C=O) groups excluding carboxylic acids is 1. The zero-order chi connectivity index (χ0) is 21.2. The van der Waals surface area contributed by atoms with Crippen LogP contribution in [-0.2, 0) is 17.4 Å². The average Bonchev–Trinajstić information content (AvgIpc) is 3.18. The van der Waals surface area contributed by atoms with E-state index in [2.05, 4.69) is 58.6 Å². The van der Waals surface area contributed by atoms with Gasteiger partial charge in [-0.1, -0.05) is 18.2 Å². The summed E-state index contributed by atoms with van der Waals surface area (Å²) in [7, 11) is 1.85. The molecule has 1 aromatic heterocycles. The van der Waals surface area contributed by atoms with Crippen LogP contribution in [0.15, 0.2) is 36.4 Å². The summed E-state index contributed by atoms with van der Waals surface area (Å²) in [6.45, 7) is 7.99. The van der Waals surface area contributed by atoms with Gasteiger partial charge in [-0.2, -0.15) is 5.10 Å². The standard InChI is InChI=1S/C23H22IN3O3/c1-5-27(6-2)18-12-19-16(11-17(18)24)23(20-13(3)25-26(4)21(20)29-19)15-10-8-7-9-14(15)22(28)30-23/h7-12H,5-6H2,1-4H3. The van der Waals surface area contributed by atoms with E-state index in [9.17, 15) is 4.79 Å². The number of aromatic nitrogens is 2. The first-order valence-corrected chi connectivity index (χ1v) is 11.1. The first-order valence-electron chi connectivity index (χ1n) is 10.1. The molecule has 0 saturated carbocycles. The molecule has 2 aliphatic rings. The van der Waals surface area contributed by atoms with Gasteiger partial charge >= 0.3 is 5.97 Å². The largest absolute Gasteiger partial charge is 0.440 e. The number of halogens is 1. The third-order valence-corrected chi connectivity index (χ3v) is 6.90. The number of fused-ring (bicyclic) bond motifs is 6. The summed E-state index contributed by atoms with van der Waals surface area (Å²) in [5.74, 6) is 0.976. The van der Waals surface area contributed by atoms with Gasteiger partial charge < -0.3 is 14.4 Å². The number of carbonyl (C=O) groups is 1.